The van der Waals surface area contributed by atoms with Crippen molar-refractivity contribution in [3.8, 4) is 28.3 Å². The van der Waals surface area contributed by atoms with Crippen LogP contribution >= 0.6 is 11.6 Å². The Morgan fingerprint density at radius 3 is 2.36 bits per heavy atom. The molecule has 3 aromatic heterocycles. The molecule has 11 heteroatoms. The van der Waals surface area contributed by atoms with E-state index in [9.17, 15) is 9.59 Å². The summed E-state index contributed by atoms with van der Waals surface area (Å²) in [6, 6.07) is 14.2. The molecule has 6 rings (SSSR count). The Balaban J connectivity index is 1.18. The van der Waals surface area contributed by atoms with Gasteiger partial charge >= 0.3 is 0 Å². The zero-order chi connectivity index (χ0) is 29.1. The summed E-state index contributed by atoms with van der Waals surface area (Å²) in [4.78, 5) is 32.3. The van der Waals surface area contributed by atoms with Gasteiger partial charge in [0.05, 0.1) is 29.7 Å². The summed E-state index contributed by atoms with van der Waals surface area (Å²) < 4.78 is 7.69. The number of imidazole rings is 1. The highest BCUT2D eigenvalue weighted by Crippen LogP contribution is 2.37. The minimum Gasteiger partial charge on any atom is -0.481 e. The van der Waals surface area contributed by atoms with Crippen LogP contribution in [0.15, 0.2) is 54.9 Å². The van der Waals surface area contributed by atoms with E-state index in [0.29, 0.717) is 43.4 Å². The molecule has 4 N–H and O–H groups in total. The van der Waals surface area contributed by atoms with Crippen LogP contribution in [0.25, 0.3) is 28.0 Å². The lowest BCUT2D eigenvalue weighted by molar-refractivity contribution is -0.120. The van der Waals surface area contributed by atoms with Crippen molar-refractivity contribution < 1.29 is 14.3 Å². The average molecular weight is 588 g/mol. The molecule has 218 valence electrons. The van der Waals surface area contributed by atoms with Crippen molar-refractivity contribution in [2.75, 3.05) is 20.2 Å². The summed E-state index contributed by atoms with van der Waals surface area (Å²) in [6.07, 6.45) is 6.81. The van der Waals surface area contributed by atoms with Crippen molar-refractivity contribution in [1.82, 2.24) is 35.6 Å². The predicted molar refractivity (Wildman–Crippen MR) is 161 cm³/mol. The van der Waals surface area contributed by atoms with Crippen LogP contribution in [0.1, 0.15) is 36.9 Å². The predicted octanol–water partition coefficient (Wildman–Crippen LogP) is 3.46. The van der Waals surface area contributed by atoms with E-state index in [1.165, 1.54) is 0 Å². The zero-order valence-electron chi connectivity index (χ0n) is 23.5. The Hall–Kier alpha value is -3.99. The number of fused-ring (bicyclic) bond motifs is 1. The molecule has 0 saturated carbocycles. The highest BCUT2D eigenvalue weighted by Gasteiger charge is 2.21. The van der Waals surface area contributed by atoms with Gasteiger partial charge in [-0.1, -0.05) is 35.9 Å². The van der Waals surface area contributed by atoms with Gasteiger partial charge in [0.2, 0.25) is 17.7 Å². The average Bonchev–Trinajstić information content (AvgIpc) is 3.73. The van der Waals surface area contributed by atoms with E-state index in [1.807, 2.05) is 48.7 Å². The standard InChI is InChI=1S/C31H34ClN7O3/c1-42-31-19(13-33-14-21-7-11-28(40)36-21)5-9-26(38-31)25-4-2-3-24(30(25)32)20-6-10-27-35-17-23(39(27)18-20)16-34-15-22-8-12-29(41)37-22/h2-6,9-10,17-18,21-22,33-34H,7-8,11-16H2,1H3,(H,36,40)(H,37,41)/t21-,22-/m0/s1. The number of aromatic nitrogens is 3. The van der Waals surface area contributed by atoms with Gasteiger partial charge in [0, 0.05) is 74.0 Å². The van der Waals surface area contributed by atoms with Gasteiger partial charge < -0.3 is 30.4 Å². The topological polar surface area (TPSA) is 122 Å². The number of hydrogen-bond donors (Lipinski definition) is 4. The normalized spacial score (nSPS) is 18.4. The third kappa shape index (κ3) is 6.11. The Morgan fingerprint density at radius 2 is 1.67 bits per heavy atom. The molecule has 2 atom stereocenters. The summed E-state index contributed by atoms with van der Waals surface area (Å²) in [5.74, 6) is 0.763. The van der Waals surface area contributed by atoms with E-state index in [0.717, 1.165) is 58.7 Å². The van der Waals surface area contributed by atoms with Gasteiger partial charge in [-0.15, -0.1) is 0 Å². The van der Waals surface area contributed by atoms with Gasteiger partial charge in [-0.3, -0.25) is 9.59 Å². The molecule has 10 nitrogen and oxygen atoms in total. The molecule has 2 aliphatic rings. The van der Waals surface area contributed by atoms with Gasteiger partial charge in [0.1, 0.15) is 5.65 Å². The molecule has 2 aliphatic heterocycles. The van der Waals surface area contributed by atoms with Crippen molar-refractivity contribution in [3.05, 3.63) is 71.1 Å². The number of amides is 2. The lowest BCUT2D eigenvalue weighted by Gasteiger charge is -2.15. The second-order valence-electron chi connectivity index (χ2n) is 10.8. The molecule has 0 unspecified atom stereocenters. The molecule has 2 amide bonds. The van der Waals surface area contributed by atoms with Crippen molar-refractivity contribution in [2.45, 2.75) is 50.9 Å². The first-order valence-electron chi connectivity index (χ1n) is 14.3. The third-order valence-corrected chi connectivity index (χ3v) is 8.28. The van der Waals surface area contributed by atoms with Gasteiger partial charge in [-0.25, -0.2) is 9.97 Å². The van der Waals surface area contributed by atoms with E-state index in [4.69, 9.17) is 21.3 Å². The first kappa shape index (κ1) is 28.1. The van der Waals surface area contributed by atoms with Crippen LogP contribution < -0.4 is 26.0 Å². The van der Waals surface area contributed by atoms with Crippen molar-refractivity contribution in [1.29, 1.82) is 0 Å². The molecule has 0 bridgehead atoms. The quantitative estimate of drug-likeness (QED) is 0.212. The summed E-state index contributed by atoms with van der Waals surface area (Å²) in [5, 5.41) is 13.4. The summed E-state index contributed by atoms with van der Waals surface area (Å²) in [7, 11) is 1.61. The lowest BCUT2D eigenvalue weighted by Crippen LogP contribution is -2.35. The van der Waals surface area contributed by atoms with Crippen LogP contribution in [0.5, 0.6) is 5.88 Å². The first-order valence-corrected chi connectivity index (χ1v) is 14.7. The second-order valence-corrected chi connectivity index (χ2v) is 11.2. The van der Waals surface area contributed by atoms with Crippen LogP contribution in [-0.2, 0) is 22.7 Å². The SMILES string of the molecule is COc1nc(-c2cccc(-c3ccc4ncc(CNC[C@@H]5CCC(=O)N5)n4c3)c2Cl)ccc1CNC[C@@H]1CCC(=O)N1. The highest BCUT2D eigenvalue weighted by molar-refractivity contribution is 6.36. The molecule has 0 spiro atoms. The first-order chi connectivity index (χ1) is 20.5. The van der Waals surface area contributed by atoms with E-state index in [1.54, 1.807) is 7.11 Å². The van der Waals surface area contributed by atoms with Crippen LogP contribution in [0, 0.1) is 0 Å². The Morgan fingerprint density at radius 1 is 0.952 bits per heavy atom. The molecule has 0 aliphatic carbocycles. The smallest absolute Gasteiger partial charge is 0.220 e. The second kappa shape index (κ2) is 12.5. The molecule has 2 saturated heterocycles. The molecule has 2 fully saturated rings. The number of carbonyl (C=O) groups is 2. The summed E-state index contributed by atoms with van der Waals surface area (Å²) >= 11 is 7.01. The maximum Gasteiger partial charge on any atom is 0.220 e. The van der Waals surface area contributed by atoms with E-state index in [-0.39, 0.29) is 23.9 Å². The van der Waals surface area contributed by atoms with Gasteiger partial charge in [-0.2, -0.15) is 0 Å². The number of rotatable bonds is 11. The third-order valence-electron chi connectivity index (χ3n) is 7.87. The van der Waals surface area contributed by atoms with Crippen molar-refractivity contribution in [3.63, 3.8) is 0 Å². The van der Waals surface area contributed by atoms with Crippen LogP contribution in [0.4, 0.5) is 0 Å². The number of hydrogen-bond acceptors (Lipinski definition) is 7. The molecule has 0 radical (unpaired) electrons. The Bertz CT molecular complexity index is 1620. The molecule has 1 aromatic carbocycles. The fourth-order valence-electron chi connectivity index (χ4n) is 5.62. The zero-order valence-corrected chi connectivity index (χ0v) is 24.2. The number of pyridine rings is 2. The lowest BCUT2D eigenvalue weighted by atomic mass is 10.0. The minimum atomic E-state index is 0.110. The fourth-order valence-corrected chi connectivity index (χ4v) is 5.95. The number of ether oxygens (including phenoxy) is 1. The number of methoxy groups -OCH3 is 1. The van der Waals surface area contributed by atoms with Gasteiger partial charge in [0.25, 0.3) is 0 Å². The minimum absolute atomic E-state index is 0.110. The summed E-state index contributed by atoms with van der Waals surface area (Å²) in [6.45, 7) is 2.62. The monoisotopic (exact) mass is 587 g/mol. The molecular weight excluding hydrogens is 554 g/mol. The van der Waals surface area contributed by atoms with Crippen LogP contribution in [0.3, 0.4) is 0 Å². The maximum atomic E-state index is 11.5. The molecule has 5 heterocycles. The number of carbonyl (C=O) groups excluding carboxylic acids is 2. The van der Waals surface area contributed by atoms with Crippen LogP contribution in [-0.4, -0.2) is 58.5 Å². The molecule has 42 heavy (non-hydrogen) atoms. The highest BCUT2D eigenvalue weighted by atomic mass is 35.5. The number of nitrogens with zero attached hydrogens (tertiary/aromatic N) is 3. The van der Waals surface area contributed by atoms with Crippen LogP contribution in [0.2, 0.25) is 5.02 Å². The Labute approximate surface area is 249 Å². The van der Waals surface area contributed by atoms with E-state index < -0.39 is 0 Å². The van der Waals surface area contributed by atoms with Gasteiger partial charge in [-0.05, 0) is 36.6 Å². The number of halogens is 1. The van der Waals surface area contributed by atoms with E-state index in [2.05, 4.69) is 36.8 Å². The van der Waals surface area contributed by atoms with Gasteiger partial charge in [0.15, 0.2) is 0 Å². The van der Waals surface area contributed by atoms with Crippen molar-refractivity contribution in [2.24, 2.45) is 0 Å². The van der Waals surface area contributed by atoms with Crippen molar-refractivity contribution >= 4 is 29.1 Å². The maximum absolute atomic E-state index is 11.5. The fraction of sp³-hybridized carbons (Fsp3) is 0.355. The number of benzene rings is 1. The largest absolute Gasteiger partial charge is 0.481 e. The molecule has 4 aromatic rings. The number of nitrogens with one attached hydrogen (secondary N) is 4. The Kier molecular flexibility index (Phi) is 8.36. The van der Waals surface area contributed by atoms with E-state index >= 15 is 0 Å². The molecular formula is C31H34ClN7O3. The summed E-state index contributed by atoms with van der Waals surface area (Å²) in [5.41, 5.74) is 6.19.